The zero-order valence-corrected chi connectivity index (χ0v) is 16.1. The number of carbonyl (C=O) groups is 1. The third kappa shape index (κ3) is 4.21. The highest BCUT2D eigenvalue weighted by Crippen LogP contribution is 2.22. The van der Waals surface area contributed by atoms with Crippen LogP contribution in [0, 0.1) is 0 Å². The van der Waals surface area contributed by atoms with Gasteiger partial charge in [-0.05, 0) is 54.4 Å². The second-order valence-electron chi connectivity index (χ2n) is 6.86. The second-order valence-corrected chi connectivity index (χ2v) is 6.86. The molecule has 4 rings (SSSR count). The first kappa shape index (κ1) is 18.6. The van der Waals surface area contributed by atoms with Crippen LogP contribution in [-0.2, 0) is 13.5 Å². The SMILES string of the molecule is Cn1c(Nc2cccc(C(=O)NCCc3ccc(O)cc3)c2)nc2ccccc21. The van der Waals surface area contributed by atoms with Crippen LogP contribution in [0.4, 0.5) is 11.6 Å². The van der Waals surface area contributed by atoms with Crippen molar-refractivity contribution in [2.24, 2.45) is 7.05 Å². The van der Waals surface area contributed by atoms with Gasteiger partial charge in [0, 0.05) is 24.8 Å². The van der Waals surface area contributed by atoms with Gasteiger partial charge >= 0.3 is 0 Å². The molecule has 1 aromatic heterocycles. The molecular formula is C23H22N4O2. The van der Waals surface area contributed by atoms with Gasteiger partial charge in [-0.1, -0.05) is 30.3 Å². The number of aryl methyl sites for hydroxylation is 1. The third-order valence-electron chi connectivity index (χ3n) is 4.80. The van der Waals surface area contributed by atoms with Crippen LogP contribution < -0.4 is 10.6 Å². The minimum atomic E-state index is -0.127. The van der Waals surface area contributed by atoms with E-state index in [0.29, 0.717) is 18.5 Å². The Hall–Kier alpha value is -3.80. The van der Waals surface area contributed by atoms with Crippen LogP contribution in [0.2, 0.25) is 0 Å². The lowest BCUT2D eigenvalue weighted by molar-refractivity contribution is 0.0954. The van der Waals surface area contributed by atoms with Crippen molar-refractivity contribution in [3.63, 3.8) is 0 Å². The number of phenols is 1. The number of amides is 1. The molecule has 6 nitrogen and oxygen atoms in total. The fourth-order valence-electron chi connectivity index (χ4n) is 3.21. The molecular weight excluding hydrogens is 364 g/mol. The first-order chi connectivity index (χ1) is 14.1. The average Bonchev–Trinajstić information content (AvgIpc) is 3.05. The number of aromatic hydroxyl groups is 1. The lowest BCUT2D eigenvalue weighted by Crippen LogP contribution is -2.25. The Morgan fingerprint density at radius 3 is 2.62 bits per heavy atom. The molecule has 6 heteroatoms. The summed E-state index contributed by atoms with van der Waals surface area (Å²) in [6, 6.07) is 22.3. The van der Waals surface area contributed by atoms with Gasteiger partial charge in [0.25, 0.3) is 5.91 Å². The van der Waals surface area contributed by atoms with Gasteiger partial charge in [-0.2, -0.15) is 0 Å². The van der Waals surface area contributed by atoms with E-state index < -0.39 is 0 Å². The first-order valence-electron chi connectivity index (χ1n) is 9.45. The highest BCUT2D eigenvalue weighted by molar-refractivity contribution is 5.95. The van der Waals surface area contributed by atoms with Crippen LogP contribution in [0.15, 0.2) is 72.8 Å². The fourth-order valence-corrected chi connectivity index (χ4v) is 3.21. The van der Waals surface area contributed by atoms with Crippen molar-refractivity contribution in [1.82, 2.24) is 14.9 Å². The van der Waals surface area contributed by atoms with E-state index in [1.54, 1.807) is 18.2 Å². The molecule has 3 aromatic carbocycles. The van der Waals surface area contributed by atoms with Crippen molar-refractivity contribution in [3.8, 4) is 5.75 Å². The molecule has 0 atom stereocenters. The smallest absolute Gasteiger partial charge is 0.251 e. The van der Waals surface area contributed by atoms with Gasteiger partial charge in [0.2, 0.25) is 5.95 Å². The van der Waals surface area contributed by atoms with Gasteiger partial charge in [0.15, 0.2) is 0 Å². The number of nitrogens with one attached hydrogen (secondary N) is 2. The number of fused-ring (bicyclic) bond motifs is 1. The molecule has 0 aliphatic heterocycles. The van der Waals surface area contributed by atoms with Crippen molar-refractivity contribution in [2.45, 2.75) is 6.42 Å². The minimum absolute atomic E-state index is 0.127. The maximum atomic E-state index is 12.5. The zero-order chi connectivity index (χ0) is 20.2. The number of nitrogens with zero attached hydrogens (tertiary/aromatic N) is 2. The highest BCUT2D eigenvalue weighted by atomic mass is 16.3. The van der Waals surface area contributed by atoms with E-state index >= 15 is 0 Å². The van der Waals surface area contributed by atoms with Gasteiger partial charge in [-0.15, -0.1) is 0 Å². The number of benzene rings is 3. The highest BCUT2D eigenvalue weighted by Gasteiger charge is 2.09. The Bertz CT molecular complexity index is 1150. The molecule has 0 spiro atoms. The zero-order valence-electron chi connectivity index (χ0n) is 16.1. The van der Waals surface area contributed by atoms with Crippen molar-refractivity contribution in [2.75, 3.05) is 11.9 Å². The summed E-state index contributed by atoms with van der Waals surface area (Å²) in [5.74, 6) is 0.830. The maximum Gasteiger partial charge on any atom is 0.251 e. The normalized spacial score (nSPS) is 10.8. The number of para-hydroxylation sites is 2. The average molecular weight is 386 g/mol. The summed E-state index contributed by atoms with van der Waals surface area (Å²) in [5.41, 5.74) is 4.40. The number of hydrogen-bond acceptors (Lipinski definition) is 4. The molecule has 146 valence electrons. The molecule has 0 saturated carbocycles. The topological polar surface area (TPSA) is 79.2 Å². The standard InChI is InChI=1S/C23H22N4O2/c1-27-21-8-3-2-7-20(21)26-23(27)25-18-6-4-5-17(15-18)22(29)24-14-13-16-9-11-19(28)12-10-16/h2-12,15,28H,13-14H2,1H3,(H,24,29)(H,25,26). The molecule has 0 bridgehead atoms. The van der Waals surface area contributed by atoms with Crippen LogP contribution in [0.3, 0.4) is 0 Å². The van der Waals surface area contributed by atoms with E-state index in [4.69, 9.17) is 0 Å². The number of carbonyl (C=O) groups excluding carboxylic acids is 1. The predicted octanol–water partition coefficient (Wildman–Crippen LogP) is 4.00. The van der Waals surface area contributed by atoms with Crippen molar-refractivity contribution in [1.29, 1.82) is 0 Å². The Labute approximate surface area is 168 Å². The Kier molecular flexibility index (Phi) is 5.16. The van der Waals surface area contributed by atoms with Crippen LogP contribution in [0.1, 0.15) is 15.9 Å². The number of rotatable bonds is 6. The lowest BCUT2D eigenvalue weighted by Gasteiger charge is -2.09. The number of imidazole rings is 1. The summed E-state index contributed by atoms with van der Waals surface area (Å²) < 4.78 is 1.99. The van der Waals surface area contributed by atoms with Crippen molar-refractivity contribution in [3.05, 3.63) is 83.9 Å². The molecule has 0 radical (unpaired) electrons. The van der Waals surface area contributed by atoms with E-state index in [0.717, 1.165) is 28.2 Å². The largest absolute Gasteiger partial charge is 0.508 e. The predicted molar refractivity (Wildman–Crippen MR) is 115 cm³/mol. The molecule has 4 aromatic rings. The molecule has 1 heterocycles. The van der Waals surface area contributed by atoms with Crippen molar-refractivity contribution < 1.29 is 9.90 Å². The summed E-state index contributed by atoms with van der Waals surface area (Å²) in [7, 11) is 1.96. The Morgan fingerprint density at radius 2 is 1.83 bits per heavy atom. The molecule has 1 amide bonds. The molecule has 0 aliphatic rings. The van der Waals surface area contributed by atoms with Crippen LogP contribution in [-0.4, -0.2) is 27.1 Å². The van der Waals surface area contributed by atoms with Crippen LogP contribution in [0.5, 0.6) is 5.75 Å². The summed E-state index contributed by atoms with van der Waals surface area (Å²) in [5, 5.41) is 15.6. The molecule has 0 aliphatic carbocycles. The number of hydrogen-bond donors (Lipinski definition) is 3. The van der Waals surface area contributed by atoms with E-state index in [1.807, 2.05) is 66.2 Å². The molecule has 0 fully saturated rings. The van der Waals surface area contributed by atoms with Crippen LogP contribution >= 0.6 is 0 Å². The first-order valence-corrected chi connectivity index (χ1v) is 9.45. The summed E-state index contributed by atoms with van der Waals surface area (Å²) in [6.45, 7) is 0.520. The van der Waals surface area contributed by atoms with Gasteiger partial charge in [0.1, 0.15) is 5.75 Å². The number of aromatic nitrogens is 2. The lowest BCUT2D eigenvalue weighted by atomic mass is 10.1. The maximum absolute atomic E-state index is 12.5. The molecule has 0 saturated heterocycles. The summed E-state index contributed by atoms with van der Waals surface area (Å²) in [4.78, 5) is 17.1. The van der Waals surface area contributed by atoms with E-state index in [2.05, 4.69) is 15.6 Å². The number of phenolic OH excluding ortho intramolecular Hbond substituents is 1. The molecule has 3 N–H and O–H groups in total. The van der Waals surface area contributed by atoms with Gasteiger partial charge in [0.05, 0.1) is 11.0 Å². The van der Waals surface area contributed by atoms with Gasteiger partial charge in [-0.25, -0.2) is 4.98 Å². The Morgan fingerprint density at radius 1 is 1.03 bits per heavy atom. The summed E-state index contributed by atoms with van der Waals surface area (Å²) >= 11 is 0. The molecule has 29 heavy (non-hydrogen) atoms. The third-order valence-corrected chi connectivity index (χ3v) is 4.80. The number of anilines is 2. The quantitative estimate of drug-likeness (QED) is 0.468. The van der Waals surface area contributed by atoms with E-state index in [9.17, 15) is 9.90 Å². The fraction of sp³-hybridized carbons (Fsp3) is 0.130. The molecule has 0 unspecified atom stereocenters. The summed E-state index contributed by atoms with van der Waals surface area (Å²) in [6.07, 6.45) is 0.698. The Balaban J connectivity index is 1.41. The van der Waals surface area contributed by atoms with Crippen molar-refractivity contribution >= 4 is 28.6 Å². The van der Waals surface area contributed by atoms with Crippen LogP contribution in [0.25, 0.3) is 11.0 Å². The van der Waals surface area contributed by atoms with E-state index in [-0.39, 0.29) is 11.7 Å². The van der Waals surface area contributed by atoms with Gasteiger partial charge < -0.3 is 20.3 Å². The second kappa shape index (κ2) is 8.06. The minimum Gasteiger partial charge on any atom is -0.508 e. The van der Waals surface area contributed by atoms with Gasteiger partial charge in [-0.3, -0.25) is 4.79 Å². The van der Waals surface area contributed by atoms with E-state index in [1.165, 1.54) is 0 Å². The monoisotopic (exact) mass is 386 g/mol.